The summed E-state index contributed by atoms with van der Waals surface area (Å²) in [5, 5.41) is 3.00. The maximum absolute atomic E-state index is 12.8. The lowest BCUT2D eigenvalue weighted by molar-refractivity contribution is 0.0943. The number of hydrogen-bond donors (Lipinski definition) is 1. The first-order valence-electron chi connectivity index (χ1n) is 9.85. The first-order chi connectivity index (χ1) is 12.5. The molecule has 1 heterocycles. The van der Waals surface area contributed by atoms with E-state index in [1.807, 2.05) is 0 Å². The Labute approximate surface area is 157 Å². The van der Waals surface area contributed by atoms with E-state index in [0.717, 1.165) is 12.8 Å². The number of carbonyl (C=O) groups excluding carboxylic acids is 1. The Morgan fingerprint density at radius 3 is 2.42 bits per heavy atom. The second kappa shape index (κ2) is 8.53. The van der Waals surface area contributed by atoms with Crippen LogP contribution in [0.2, 0.25) is 0 Å². The number of carbonyl (C=O) groups is 1. The van der Waals surface area contributed by atoms with Crippen molar-refractivity contribution in [2.45, 2.75) is 56.8 Å². The van der Waals surface area contributed by atoms with Gasteiger partial charge >= 0.3 is 0 Å². The smallest absolute Gasteiger partial charge is 0.251 e. The van der Waals surface area contributed by atoms with Gasteiger partial charge in [0.05, 0.1) is 4.90 Å². The predicted molar refractivity (Wildman–Crippen MR) is 103 cm³/mol. The average Bonchev–Trinajstić information content (AvgIpc) is 2.67. The number of hydrogen-bond acceptors (Lipinski definition) is 3. The van der Waals surface area contributed by atoms with Gasteiger partial charge in [0, 0.05) is 25.2 Å². The van der Waals surface area contributed by atoms with Crippen LogP contribution in [0.15, 0.2) is 29.2 Å². The predicted octanol–water partition coefficient (Wildman–Crippen LogP) is 3.42. The summed E-state index contributed by atoms with van der Waals surface area (Å²) in [4.78, 5) is 12.6. The third-order valence-corrected chi connectivity index (χ3v) is 7.53. The normalized spacial score (nSPS) is 22.9. The summed E-state index contributed by atoms with van der Waals surface area (Å²) in [6, 6.07) is 6.36. The van der Waals surface area contributed by atoms with Crippen LogP contribution in [0.25, 0.3) is 0 Å². The molecule has 3 rings (SSSR count). The highest BCUT2D eigenvalue weighted by Crippen LogP contribution is 2.24. The number of sulfonamides is 1. The van der Waals surface area contributed by atoms with Gasteiger partial charge in [-0.25, -0.2) is 8.42 Å². The van der Waals surface area contributed by atoms with Gasteiger partial charge in [0.25, 0.3) is 5.91 Å². The minimum Gasteiger partial charge on any atom is -0.352 e. The van der Waals surface area contributed by atoms with Gasteiger partial charge in [-0.15, -0.1) is 0 Å². The van der Waals surface area contributed by atoms with Crippen molar-refractivity contribution < 1.29 is 13.2 Å². The molecule has 0 radical (unpaired) electrons. The molecular formula is C20H30N2O3S. The summed E-state index contributed by atoms with van der Waals surface area (Å²) in [6.07, 6.45) is 8.16. The fourth-order valence-electron chi connectivity index (χ4n) is 4.02. The van der Waals surface area contributed by atoms with E-state index in [1.165, 1.54) is 32.1 Å². The summed E-state index contributed by atoms with van der Waals surface area (Å²) in [5.41, 5.74) is 0.520. The molecule has 1 N–H and O–H groups in total. The molecule has 1 saturated heterocycles. The van der Waals surface area contributed by atoms with Crippen molar-refractivity contribution >= 4 is 15.9 Å². The van der Waals surface area contributed by atoms with Crippen LogP contribution in [0.4, 0.5) is 0 Å². The van der Waals surface area contributed by atoms with Gasteiger partial charge in [-0.3, -0.25) is 4.79 Å². The van der Waals surface area contributed by atoms with Crippen LogP contribution in [-0.4, -0.2) is 38.3 Å². The first kappa shape index (κ1) is 19.4. The largest absolute Gasteiger partial charge is 0.352 e. The second-order valence-electron chi connectivity index (χ2n) is 7.85. The van der Waals surface area contributed by atoms with E-state index < -0.39 is 10.0 Å². The summed E-state index contributed by atoms with van der Waals surface area (Å²) >= 11 is 0. The third kappa shape index (κ3) is 4.65. The molecule has 1 amide bonds. The van der Waals surface area contributed by atoms with Crippen molar-refractivity contribution in [1.29, 1.82) is 0 Å². The highest BCUT2D eigenvalue weighted by Gasteiger charge is 2.28. The minimum absolute atomic E-state index is 0.119. The van der Waals surface area contributed by atoms with E-state index >= 15 is 0 Å². The van der Waals surface area contributed by atoms with Crippen LogP contribution in [-0.2, 0) is 10.0 Å². The molecule has 1 aliphatic heterocycles. The third-order valence-electron chi connectivity index (χ3n) is 5.65. The molecule has 6 heteroatoms. The minimum atomic E-state index is -3.47. The molecule has 1 atom stereocenters. The maximum Gasteiger partial charge on any atom is 0.251 e. The molecule has 1 aromatic rings. The number of nitrogens with one attached hydrogen (secondary N) is 1. The topological polar surface area (TPSA) is 66.5 Å². The van der Waals surface area contributed by atoms with E-state index in [4.69, 9.17) is 0 Å². The SMILES string of the molecule is C[C@@H]1CCCN(S(=O)(=O)c2ccc(C(=O)NCC3CCCCC3)cc2)C1. The zero-order valence-electron chi connectivity index (χ0n) is 15.6. The maximum atomic E-state index is 12.8. The molecule has 1 aromatic carbocycles. The Hall–Kier alpha value is -1.40. The highest BCUT2D eigenvalue weighted by molar-refractivity contribution is 7.89. The lowest BCUT2D eigenvalue weighted by atomic mass is 9.89. The van der Waals surface area contributed by atoms with Gasteiger partial charge in [-0.2, -0.15) is 4.31 Å². The Kier molecular flexibility index (Phi) is 6.35. The fraction of sp³-hybridized carbons (Fsp3) is 0.650. The Morgan fingerprint density at radius 2 is 1.77 bits per heavy atom. The summed E-state index contributed by atoms with van der Waals surface area (Å²) in [7, 11) is -3.47. The lowest BCUT2D eigenvalue weighted by Gasteiger charge is -2.30. The van der Waals surface area contributed by atoms with E-state index in [1.54, 1.807) is 28.6 Å². The molecule has 1 saturated carbocycles. The summed E-state index contributed by atoms with van der Waals surface area (Å²) in [6.45, 7) is 3.95. The zero-order valence-corrected chi connectivity index (χ0v) is 16.4. The van der Waals surface area contributed by atoms with E-state index in [2.05, 4.69) is 12.2 Å². The van der Waals surface area contributed by atoms with Gasteiger partial charge < -0.3 is 5.32 Å². The quantitative estimate of drug-likeness (QED) is 0.854. The van der Waals surface area contributed by atoms with Crippen molar-refractivity contribution in [2.24, 2.45) is 11.8 Å². The van der Waals surface area contributed by atoms with Gasteiger partial charge in [-0.05, 0) is 61.8 Å². The van der Waals surface area contributed by atoms with Crippen molar-refractivity contribution in [3.63, 3.8) is 0 Å². The van der Waals surface area contributed by atoms with Crippen LogP contribution in [0.1, 0.15) is 62.2 Å². The Bertz CT molecular complexity index is 709. The van der Waals surface area contributed by atoms with Crippen LogP contribution in [0.3, 0.4) is 0 Å². The van der Waals surface area contributed by atoms with Gasteiger partial charge in [0.1, 0.15) is 0 Å². The van der Waals surface area contributed by atoms with Crippen molar-refractivity contribution in [1.82, 2.24) is 9.62 Å². The van der Waals surface area contributed by atoms with Crippen LogP contribution in [0.5, 0.6) is 0 Å². The molecule has 2 aliphatic rings. The second-order valence-corrected chi connectivity index (χ2v) is 9.79. The van der Waals surface area contributed by atoms with Gasteiger partial charge in [0.2, 0.25) is 10.0 Å². The number of piperidine rings is 1. The number of amides is 1. The molecule has 0 spiro atoms. The molecule has 2 fully saturated rings. The van der Waals surface area contributed by atoms with E-state index in [0.29, 0.717) is 37.0 Å². The lowest BCUT2D eigenvalue weighted by Crippen LogP contribution is -2.39. The van der Waals surface area contributed by atoms with Crippen LogP contribution < -0.4 is 5.32 Å². The molecule has 0 aromatic heterocycles. The molecule has 0 bridgehead atoms. The molecular weight excluding hydrogens is 348 g/mol. The number of nitrogens with zero attached hydrogens (tertiary/aromatic N) is 1. The van der Waals surface area contributed by atoms with Crippen LogP contribution >= 0.6 is 0 Å². The zero-order chi connectivity index (χ0) is 18.6. The average molecular weight is 379 g/mol. The standard InChI is InChI=1S/C20H30N2O3S/c1-16-6-5-13-22(15-16)26(24,25)19-11-9-18(10-12-19)20(23)21-14-17-7-3-2-4-8-17/h9-12,16-17H,2-8,13-15H2,1H3,(H,21,23)/t16-/m1/s1. The molecule has 5 nitrogen and oxygen atoms in total. The number of benzene rings is 1. The Morgan fingerprint density at radius 1 is 1.08 bits per heavy atom. The summed E-state index contributed by atoms with van der Waals surface area (Å²) < 4.78 is 27.1. The highest BCUT2D eigenvalue weighted by atomic mass is 32.2. The number of rotatable bonds is 5. The van der Waals surface area contributed by atoms with E-state index in [-0.39, 0.29) is 10.8 Å². The van der Waals surface area contributed by atoms with Crippen molar-refractivity contribution in [3.05, 3.63) is 29.8 Å². The molecule has 1 aliphatic carbocycles. The van der Waals surface area contributed by atoms with Gasteiger partial charge in [0.15, 0.2) is 0 Å². The Balaban J connectivity index is 1.61. The first-order valence-corrected chi connectivity index (χ1v) is 11.3. The van der Waals surface area contributed by atoms with E-state index in [9.17, 15) is 13.2 Å². The molecule has 26 heavy (non-hydrogen) atoms. The fourth-order valence-corrected chi connectivity index (χ4v) is 5.62. The summed E-state index contributed by atoms with van der Waals surface area (Å²) in [5.74, 6) is 0.850. The van der Waals surface area contributed by atoms with Crippen molar-refractivity contribution in [3.8, 4) is 0 Å². The van der Waals surface area contributed by atoms with Gasteiger partial charge in [-0.1, -0.05) is 26.2 Å². The van der Waals surface area contributed by atoms with Crippen molar-refractivity contribution in [2.75, 3.05) is 19.6 Å². The monoisotopic (exact) mass is 378 g/mol. The molecule has 144 valence electrons. The molecule has 0 unspecified atom stereocenters. The van der Waals surface area contributed by atoms with Crippen LogP contribution in [0, 0.1) is 11.8 Å².